The molecular weight excluding hydrogens is 427 g/mol. The lowest BCUT2D eigenvalue weighted by atomic mass is 9.97. The van der Waals surface area contributed by atoms with E-state index in [2.05, 4.69) is 15.3 Å². The van der Waals surface area contributed by atoms with Gasteiger partial charge in [0.25, 0.3) is 0 Å². The highest BCUT2D eigenvalue weighted by Crippen LogP contribution is 2.36. The number of nitrogens with zero attached hydrogens (tertiary/aromatic N) is 3. The number of aromatic nitrogens is 2. The van der Waals surface area contributed by atoms with Gasteiger partial charge in [-0.05, 0) is 31.0 Å². The number of rotatable bonds is 3. The fourth-order valence-electron chi connectivity index (χ4n) is 3.44. The Morgan fingerprint density at radius 1 is 1.23 bits per heavy atom. The SMILES string of the molecule is O=C(Nc1nc2cc(F)c(F)cc2s1)C1CCCN(c2ncccc2C(F)(F)F)C1. The molecule has 1 amide bonds. The third-order valence-corrected chi connectivity index (χ3v) is 5.78. The Hall–Kier alpha value is -2.82. The predicted octanol–water partition coefficient (Wildman–Crippen LogP) is 4.84. The molecule has 1 fully saturated rings. The van der Waals surface area contributed by atoms with Crippen LogP contribution in [0.15, 0.2) is 30.5 Å². The summed E-state index contributed by atoms with van der Waals surface area (Å²) in [5.41, 5.74) is -0.635. The van der Waals surface area contributed by atoms with Crippen molar-refractivity contribution in [2.75, 3.05) is 23.3 Å². The summed E-state index contributed by atoms with van der Waals surface area (Å²) in [7, 11) is 0. The summed E-state index contributed by atoms with van der Waals surface area (Å²) < 4.78 is 67.0. The maximum absolute atomic E-state index is 13.4. The number of piperidine rings is 1. The van der Waals surface area contributed by atoms with Gasteiger partial charge in [0.15, 0.2) is 16.8 Å². The lowest BCUT2D eigenvalue weighted by Crippen LogP contribution is -2.41. The summed E-state index contributed by atoms with van der Waals surface area (Å²) in [6.45, 7) is 0.420. The van der Waals surface area contributed by atoms with Crippen molar-refractivity contribution in [3.8, 4) is 0 Å². The third kappa shape index (κ3) is 4.07. The Kier molecular flexibility index (Phi) is 5.31. The molecule has 0 radical (unpaired) electrons. The highest BCUT2D eigenvalue weighted by Gasteiger charge is 2.37. The minimum atomic E-state index is -4.55. The van der Waals surface area contributed by atoms with Gasteiger partial charge in [0.05, 0.1) is 21.7 Å². The molecule has 0 bridgehead atoms. The lowest BCUT2D eigenvalue weighted by Gasteiger charge is -2.34. The predicted molar refractivity (Wildman–Crippen MR) is 102 cm³/mol. The molecule has 1 unspecified atom stereocenters. The van der Waals surface area contributed by atoms with Gasteiger partial charge in [-0.2, -0.15) is 13.2 Å². The van der Waals surface area contributed by atoms with Crippen LogP contribution in [0.25, 0.3) is 10.2 Å². The molecule has 158 valence electrons. The molecule has 1 aliphatic rings. The maximum atomic E-state index is 13.4. The van der Waals surface area contributed by atoms with E-state index in [-0.39, 0.29) is 23.0 Å². The standard InChI is InChI=1S/C19H15F5N4OS/c20-12-7-14-15(8-13(12)21)30-18(26-14)27-17(29)10-3-2-6-28(9-10)16-11(19(22,23)24)4-1-5-25-16/h1,4-5,7-8,10H,2-3,6,9H2,(H,26,27,29). The van der Waals surface area contributed by atoms with Gasteiger partial charge in [0, 0.05) is 25.4 Å². The average Bonchev–Trinajstić information content (AvgIpc) is 3.08. The molecule has 1 aromatic carbocycles. The number of hydrogen-bond donors (Lipinski definition) is 1. The van der Waals surface area contributed by atoms with Crippen LogP contribution in [-0.4, -0.2) is 29.0 Å². The zero-order chi connectivity index (χ0) is 21.5. The van der Waals surface area contributed by atoms with E-state index in [1.807, 2.05) is 0 Å². The second-order valence-electron chi connectivity index (χ2n) is 6.90. The highest BCUT2D eigenvalue weighted by atomic mass is 32.1. The van der Waals surface area contributed by atoms with Crippen LogP contribution < -0.4 is 10.2 Å². The molecule has 1 aliphatic heterocycles. The van der Waals surface area contributed by atoms with E-state index in [1.165, 1.54) is 17.2 Å². The monoisotopic (exact) mass is 442 g/mol. The van der Waals surface area contributed by atoms with E-state index in [4.69, 9.17) is 0 Å². The van der Waals surface area contributed by atoms with Gasteiger partial charge in [-0.1, -0.05) is 11.3 Å². The molecule has 2 aromatic heterocycles. The van der Waals surface area contributed by atoms with Crippen LogP contribution in [-0.2, 0) is 11.0 Å². The Morgan fingerprint density at radius 3 is 2.77 bits per heavy atom. The number of benzene rings is 1. The van der Waals surface area contributed by atoms with Gasteiger partial charge in [-0.25, -0.2) is 18.7 Å². The van der Waals surface area contributed by atoms with Crippen molar-refractivity contribution in [2.45, 2.75) is 19.0 Å². The summed E-state index contributed by atoms with van der Waals surface area (Å²) in [5, 5.41) is 2.78. The Labute approximate surface area is 171 Å². The largest absolute Gasteiger partial charge is 0.419 e. The van der Waals surface area contributed by atoms with E-state index < -0.39 is 35.2 Å². The van der Waals surface area contributed by atoms with E-state index in [1.54, 1.807) is 0 Å². The fourth-order valence-corrected chi connectivity index (χ4v) is 4.31. The summed E-state index contributed by atoms with van der Waals surface area (Å²) in [6, 6.07) is 4.13. The number of carbonyl (C=O) groups is 1. The van der Waals surface area contributed by atoms with Gasteiger partial charge in [-0.3, -0.25) is 4.79 Å². The van der Waals surface area contributed by atoms with Crippen molar-refractivity contribution in [1.29, 1.82) is 0 Å². The van der Waals surface area contributed by atoms with E-state index in [9.17, 15) is 26.7 Å². The molecule has 1 N–H and O–H groups in total. The lowest BCUT2D eigenvalue weighted by molar-refractivity contribution is -0.137. The van der Waals surface area contributed by atoms with Crippen molar-refractivity contribution in [2.24, 2.45) is 5.92 Å². The van der Waals surface area contributed by atoms with Crippen LogP contribution in [0.4, 0.5) is 32.9 Å². The number of fused-ring (bicyclic) bond motifs is 1. The topological polar surface area (TPSA) is 58.1 Å². The molecule has 5 nitrogen and oxygen atoms in total. The van der Waals surface area contributed by atoms with Crippen molar-refractivity contribution >= 4 is 38.4 Å². The quantitative estimate of drug-likeness (QED) is 0.590. The van der Waals surface area contributed by atoms with Crippen LogP contribution in [0.2, 0.25) is 0 Å². The second kappa shape index (κ2) is 7.78. The van der Waals surface area contributed by atoms with Gasteiger partial charge in [-0.15, -0.1) is 0 Å². The minimum absolute atomic E-state index is 0.0695. The number of halogens is 5. The van der Waals surface area contributed by atoms with Crippen LogP contribution in [0.5, 0.6) is 0 Å². The van der Waals surface area contributed by atoms with Crippen molar-refractivity contribution < 1.29 is 26.7 Å². The molecule has 4 rings (SSSR count). The molecule has 3 aromatic rings. The number of alkyl halides is 3. The normalized spacial score (nSPS) is 17.4. The molecule has 3 heterocycles. The van der Waals surface area contributed by atoms with Gasteiger partial charge in [0.1, 0.15) is 5.82 Å². The van der Waals surface area contributed by atoms with E-state index in [0.29, 0.717) is 24.1 Å². The second-order valence-corrected chi connectivity index (χ2v) is 7.93. The number of hydrogen-bond acceptors (Lipinski definition) is 5. The first-order chi connectivity index (χ1) is 14.2. The van der Waals surface area contributed by atoms with Crippen molar-refractivity contribution in [3.05, 3.63) is 47.7 Å². The Morgan fingerprint density at radius 2 is 2.00 bits per heavy atom. The van der Waals surface area contributed by atoms with Gasteiger partial charge >= 0.3 is 6.18 Å². The molecule has 11 heteroatoms. The summed E-state index contributed by atoms with van der Waals surface area (Å²) >= 11 is 0.991. The molecule has 0 saturated carbocycles. The first-order valence-electron chi connectivity index (χ1n) is 9.06. The van der Waals surface area contributed by atoms with E-state index in [0.717, 1.165) is 29.5 Å². The molecule has 0 aliphatic carbocycles. The number of thiazole rings is 1. The Bertz CT molecular complexity index is 1060. The van der Waals surface area contributed by atoms with Crippen molar-refractivity contribution in [1.82, 2.24) is 9.97 Å². The third-order valence-electron chi connectivity index (χ3n) is 4.84. The fraction of sp³-hybridized carbons (Fsp3) is 0.316. The molecular formula is C19H15F5N4OS. The Balaban J connectivity index is 1.51. The number of anilines is 2. The smallest absolute Gasteiger partial charge is 0.355 e. The van der Waals surface area contributed by atoms with Gasteiger partial charge in [0.2, 0.25) is 5.91 Å². The van der Waals surface area contributed by atoms with E-state index >= 15 is 0 Å². The number of carbonyl (C=O) groups excluding carboxylic acids is 1. The summed E-state index contributed by atoms with van der Waals surface area (Å²) in [4.78, 5) is 22.1. The van der Waals surface area contributed by atoms with Crippen LogP contribution >= 0.6 is 11.3 Å². The first kappa shape index (κ1) is 20.5. The zero-order valence-electron chi connectivity index (χ0n) is 15.3. The highest BCUT2D eigenvalue weighted by molar-refractivity contribution is 7.22. The molecule has 1 atom stereocenters. The van der Waals surface area contributed by atoms with Crippen molar-refractivity contribution in [3.63, 3.8) is 0 Å². The number of pyridine rings is 1. The summed E-state index contributed by atoms with van der Waals surface area (Å²) in [6.07, 6.45) is -2.26. The van der Waals surface area contributed by atoms with Crippen LogP contribution in [0, 0.1) is 17.6 Å². The van der Waals surface area contributed by atoms with Crippen LogP contribution in [0.1, 0.15) is 18.4 Å². The minimum Gasteiger partial charge on any atom is -0.355 e. The molecule has 30 heavy (non-hydrogen) atoms. The summed E-state index contributed by atoms with van der Waals surface area (Å²) in [5.74, 6) is -3.24. The maximum Gasteiger partial charge on any atom is 0.419 e. The number of amides is 1. The van der Waals surface area contributed by atoms with Crippen LogP contribution in [0.3, 0.4) is 0 Å². The van der Waals surface area contributed by atoms with Gasteiger partial charge < -0.3 is 10.2 Å². The first-order valence-corrected chi connectivity index (χ1v) is 9.87. The number of nitrogens with one attached hydrogen (secondary N) is 1. The average molecular weight is 442 g/mol. The molecule has 1 saturated heterocycles. The zero-order valence-corrected chi connectivity index (χ0v) is 16.2. The molecule has 0 spiro atoms.